The monoisotopic (exact) mass is 344 g/mol. The fourth-order valence-electron chi connectivity index (χ4n) is 1.25. The Bertz CT molecular complexity index is 666. The van der Waals surface area contributed by atoms with Gasteiger partial charge >= 0.3 is 35.2 Å². The second kappa shape index (κ2) is 9.28. The second-order valence-electron chi connectivity index (χ2n) is 3.62. The molecule has 22 heavy (non-hydrogen) atoms. The normalized spacial score (nSPS) is 15.9. The van der Waals surface area contributed by atoms with E-state index >= 15 is 0 Å². The predicted octanol–water partition coefficient (Wildman–Crippen LogP) is -5.70. The van der Waals surface area contributed by atoms with E-state index < -0.39 is 38.0 Å². The summed E-state index contributed by atoms with van der Waals surface area (Å²) in [5.41, 5.74) is -1.68. The minimum absolute atomic E-state index is 0. The molecule has 1 aromatic heterocycles. The maximum atomic E-state index is 11.4. The number of rotatable bonds is 8. The van der Waals surface area contributed by atoms with Crippen LogP contribution in [0.4, 0.5) is 0 Å². The van der Waals surface area contributed by atoms with Crippen LogP contribution in [0.15, 0.2) is 21.9 Å². The molecule has 0 bridgehead atoms. The Hall–Kier alpha value is -0.910. The van der Waals surface area contributed by atoms with Crippen molar-refractivity contribution in [3.63, 3.8) is 0 Å². The largest absolute Gasteiger partial charge is 1.00 e. The molecule has 1 heterocycles. The number of aldehydes is 2. The molecular weight excluding hydrogens is 334 g/mol. The Morgan fingerprint density at radius 3 is 2.50 bits per heavy atom. The molecular formula is C9H10N2NaO9P. The first-order chi connectivity index (χ1) is 9.76. The summed E-state index contributed by atoms with van der Waals surface area (Å²) in [4.78, 5) is 64.6. The van der Waals surface area contributed by atoms with Gasteiger partial charge in [0.1, 0.15) is 6.10 Å². The van der Waals surface area contributed by atoms with Gasteiger partial charge in [-0.15, -0.1) is 0 Å². The van der Waals surface area contributed by atoms with Crippen molar-refractivity contribution in [2.24, 2.45) is 0 Å². The molecule has 0 spiro atoms. The minimum atomic E-state index is -5.07. The average molecular weight is 344 g/mol. The van der Waals surface area contributed by atoms with Gasteiger partial charge < -0.3 is 23.8 Å². The van der Waals surface area contributed by atoms with Gasteiger partial charge in [-0.3, -0.25) is 23.7 Å². The number of carbonyl (C=O) groups is 2. The number of aromatic nitrogens is 2. The number of H-pyrrole nitrogens is 1. The molecule has 3 unspecified atom stereocenters. The van der Waals surface area contributed by atoms with Crippen molar-refractivity contribution < 1.29 is 62.8 Å². The predicted molar refractivity (Wildman–Crippen MR) is 63.1 cm³/mol. The van der Waals surface area contributed by atoms with Crippen LogP contribution in [0, 0.1) is 0 Å². The van der Waals surface area contributed by atoms with E-state index in [1.807, 2.05) is 4.98 Å². The molecule has 116 valence electrons. The number of phosphoric ester groups is 1. The van der Waals surface area contributed by atoms with E-state index in [9.17, 15) is 28.6 Å². The molecule has 0 fully saturated rings. The van der Waals surface area contributed by atoms with Crippen molar-refractivity contribution in [2.75, 3.05) is 6.61 Å². The van der Waals surface area contributed by atoms with E-state index in [1.54, 1.807) is 0 Å². The zero-order valence-electron chi connectivity index (χ0n) is 11.3. The number of nitrogens with zero attached hydrogens (tertiary/aromatic N) is 1. The maximum absolute atomic E-state index is 11.4. The van der Waals surface area contributed by atoms with Crippen LogP contribution in [0.3, 0.4) is 0 Å². The van der Waals surface area contributed by atoms with Crippen LogP contribution >= 0.6 is 7.82 Å². The molecule has 0 radical (unpaired) electrons. The average Bonchev–Trinajstić information content (AvgIpc) is 2.39. The standard InChI is InChI=1S/C9H11N2O9P.Na/c12-3-6(5-19-21(16,17)18)20-8(4-13)11-2-1-7(14)10-9(11)15;/h1-4,6,8H,5H2,(H,10,14,15)(H2,16,17,18);/q;+1/p-1. The van der Waals surface area contributed by atoms with Crippen LogP contribution < -0.4 is 45.7 Å². The van der Waals surface area contributed by atoms with Gasteiger partial charge in [0.2, 0.25) is 0 Å². The van der Waals surface area contributed by atoms with Crippen LogP contribution in [0.25, 0.3) is 0 Å². The molecule has 0 aliphatic carbocycles. The summed E-state index contributed by atoms with van der Waals surface area (Å²) in [6.07, 6.45) is -1.94. The summed E-state index contributed by atoms with van der Waals surface area (Å²) < 4.78 is 19.9. The summed E-state index contributed by atoms with van der Waals surface area (Å²) >= 11 is 0. The SMILES string of the molecule is O=CC(COP(=O)([O-])O)OC(C=O)n1ccc(=O)[nH]c1=O.[Na+]. The molecule has 2 N–H and O–H groups in total. The fraction of sp³-hybridized carbons (Fsp3) is 0.333. The summed E-state index contributed by atoms with van der Waals surface area (Å²) in [7, 11) is -5.07. The molecule has 0 aromatic carbocycles. The van der Waals surface area contributed by atoms with Crippen molar-refractivity contribution in [1.29, 1.82) is 0 Å². The van der Waals surface area contributed by atoms with Crippen LogP contribution in [-0.2, 0) is 23.4 Å². The van der Waals surface area contributed by atoms with Gasteiger partial charge in [0.15, 0.2) is 18.8 Å². The van der Waals surface area contributed by atoms with E-state index in [4.69, 9.17) is 9.63 Å². The van der Waals surface area contributed by atoms with Crippen LogP contribution in [0.2, 0.25) is 0 Å². The number of phosphoric acid groups is 1. The Labute approximate surface area is 144 Å². The first-order valence-corrected chi connectivity index (χ1v) is 6.82. The van der Waals surface area contributed by atoms with E-state index in [0.29, 0.717) is 4.57 Å². The molecule has 13 heteroatoms. The van der Waals surface area contributed by atoms with Gasteiger partial charge in [0.05, 0.1) is 6.61 Å². The van der Waals surface area contributed by atoms with Gasteiger partial charge in [0.25, 0.3) is 13.4 Å². The Morgan fingerprint density at radius 1 is 1.41 bits per heavy atom. The summed E-state index contributed by atoms with van der Waals surface area (Å²) in [5.74, 6) is 0. The third-order valence-corrected chi connectivity index (χ3v) is 2.59. The Kier molecular flexibility index (Phi) is 8.89. The molecule has 1 rings (SSSR count). The number of ether oxygens (including phenoxy) is 1. The summed E-state index contributed by atoms with van der Waals surface area (Å²) in [6, 6.07) is 0.938. The van der Waals surface area contributed by atoms with Crippen LogP contribution in [0.5, 0.6) is 0 Å². The molecule has 0 aliphatic rings. The molecule has 0 amide bonds. The zero-order chi connectivity index (χ0) is 16.0. The number of aromatic amines is 1. The summed E-state index contributed by atoms with van der Waals surface area (Å²) in [5, 5.41) is 0. The van der Waals surface area contributed by atoms with Crippen molar-refractivity contribution in [2.45, 2.75) is 12.3 Å². The Balaban J connectivity index is 0.00000441. The van der Waals surface area contributed by atoms with Crippen molar-refractivity contribution >= 4 is 20.4 Å². The molecule has 1 aromatic rings. The first kappa shape index (κ1) is 21.1. The first-order valence-electron chi connectivity index (χ1n) is 5.32. The molecule has 0 saturated carbocycles. The van der Waals surface area contributed by atoms with Crippen LogP contribution in [0.1, 0.15) is 6.23 Å². The topological polar surface area (TPSA) is 168 Å². The number of carbonyl (C=O) groups excluding carboxylic acids is 2. The summed E-state index contributed by atoms with van der Waals surface area (Å²) in [6.45, 7) is -0.886. The maximum Gasteiger partial charge on any atom is 1.00 e. The minimum Gasteiger partial charge on any atom is -0.756 e. The molecule has 11 nitrogen and oxygen atoms in total. The smallest absolute Gasteiger partial charge is 0.756 e. The number of nitrogens with one attached hydrogen (secondary N) is 1. The van der Waals surface area contributed by atoms with Gasteiger partial charge in [-0.25, -0.2) is 4.79 Å². The number of hydrogen-bond acceptors (Lipinski definition) is 8. The Morgan fingerprint density at radius 2 is 2.05 bits per heavy atom. The zero-order valence-corrected chi connectivity index (χ0v) is 14.2. The fourth-order valence-corrected chi connectivity index (χ4v) is 1.58. The van der Waals surface area contributed by atoms with Gasteiger partial charge in [-0.2, -0.15) is 0 Å². The van der Waals surface area contributed by atoms with Gasteiger partial charge in [-0.05, 0) is 0 Å². The third kappa shape index (κ3) is 6.90. The van der Waals surface area contributed by atoms with Crippen molar-refractivity contribution in [3.05, 3.63) is 33.1 Å². The van der Waals surface area contributed by atoms with Crippen LogP contribution in [-0.4, -0.2) is 39.7 Å². The number of hydrogen-bond donors (Lipinski definition) is 2. The van der Waals surface area contributed by atoms with E-state index in [1.165, 1.54) is 0 Å². The second-order valence-corrected chi connectivity index (χ2v) is 4.81. The van der Waals surface area contributed by atoms with E-state index in [-0.39, 0.29) is 42.1 Å². The van der Waals surface area contributed by atoms with Crippen molar-refractivity contribution in [1.82, 2.24) is 9.55 Å². The quantitative estimate of drug-likeness (QED) is 0.265. The van der Waals surface area contributed by atoms with E-state index in [0.717, 1.165) is 12.3 Å². The third-order valence-electron chi connectivity index (χ3n) is 2.11. The molecule has 0 saturated heterocycles. The van der Waals surface area contributed by atoms with Gasteiger partial charge in [0, 0.05) is 12.3 Å². The molecule has 0 aliphatic heterocycles. The van der Waals surface area contributed by atoms with E-state index in [2.05, 4.69) is 4.52 Å². The molecule has 3 atom stereocenters. The van der Waals surface area contributed by atoms with Crippen molar-refractivity contribution in [3.8, 4) is 0 Å². The van der Waals surface area contributed by atoms with Gasteiger partial charge in [-0.1, -0.05) is 0 Å².